The largest absolute Gasteiger partial charge is 0.208 e. The lowest BCUT2D eigenvalue weighted by molar-refractivity contribution is 0.794. The van der Waals surface area contributed by atoms with Crippen molar-refractivity contribution in [2.24, 2.45) is 0 Å². The molecule has 10 aromatic rings. The van der Waals surface area contributed by atoms with Gasteiger partial charge in [-0.3, -0.25) is 0 Å². The molecule has 0 radical (unpaired) electrons. The van der Waals surface area contributed by atoms with Crippen LogP contribution < -0.4 is 0 Å². The Morgan fingerprint density at radius 2 is 0.636 bits per heavy atom. The lowest BCUT2D eigenvalue weighted by Gasteiger charge is -2.30. The zero-order valence-corrected chi connectivity index (χ0v) is 29.7. The van der Waals surface area contributed by atoms with Crippen LogP contribution in [-0.2, 0) is 5.41 Å². The smallest absolute Gasteiger partial charge is 0.164 e. The summed E-state index contributed by atoms with van der Waals surface area (Å²) in [4.78, 5) is 15.6. The van der Waals surface area contributed by atoms with Gasteiger partial charge in [0.25, 0.3) is 0 Å². The first-order valence-electron chi connectivity index (χ1n) is 18.9. The summed E-state index contributed by atoms with van der Waals surface area (Å²) in [6, 6.07) is 67.8. The third-order valence-electron chi connectivity index (χ3n) is 11.9. The van der Waals surface area contributed by atoms with Crippen LogP contribution in [0.1, 0.15) is 22.3 Å². The van der Waals surface area contributed by atoms with Gasteiger partial charge in [-0.2, -0.15) is 0 Å². The predicted octanol–water partition coefficient (Wildman–Crippen LogP) is 12.7. The summed E-state index contributed by atoms with van der Waals surface area (Å²) in [5.41, 5.74) is 12.8. The van der Waals surface area contributed by atoms with E-state index in [1.54, 1.807) is 0 Å². The van der Waals surface area contributed by atoms with Gasteiger partial charge in [0.15, 0.2) is 17.5 Å². The molecule has 0 aliphatic heterocycles. The fourth-order valence-corrected chi connectivity index (χ4v) is 9.64. The second kappa shape index (κ2) is 11.4. The SMILES string of the molecule is c1ccc(-c2nc(-c3ccc4c(c3)-c3ccccc3C43c4ccccc4-c4ccccc43)nc(-c3ccc4c5ccccc5c5ccccc5c4c3)n2)cc1. The maximum Gasteiger partial charge on any atom is 0.164 e. The molecule has 0 fully saturated rings. The highest BCUT2D eigenvalue weighted by Crippen LogP contribution is 2.62. The maximum absolute atomic E-state index is 5.27. The molecule has 55 heavy (non-hydrogen) atoms. The molecule has 0 saturated heterocycles. The van der Waals surface area contributed by atoms with Gasteiger partial charge in [-0.25, -0.2) is 15.0 Å². The highest BCUT2D eigenvalue weighted by molar-refractivity contribution is 6.25. The number of rotatable bonds is 3. The minimum atomic E-state index is -0.394. The van der Waals surface area contributed by atoms with Crippen molar-refractivity contribution >= 4 is 32.3 Å². The first-order valence-corrected chi connectivity index (χ1v) is 18.9. The highest BCUT2D eigenvalue weighted by Gasteiger charge is 2.51. The highest BCUT2D eigenvalue weighted by atomic mass is 15.0. The maximum atomic E-state index is 5.27. The van der Waals surface area contributed by atoms with Crippen LogP contribution in [0.4, 0.5) is 0 Å². The van der Waals surface area contributed by atoms with Crippen molar-refractivity contribution in [2.45, 2.75) is 5.41 Å². The predicted molar refractivity (Wildman–Crippen MR) is 225 cm³/mol. The molecule has 12 rings (SSSR count). The van der Waals surface area contributed by atoms with Gasteiger partial charge in [-0.1, -0.05) is 176 Å². The molecular formula is C52H31N3. The van der Waals surface area contributed by atoms with Crippen molar-refractivity contribution in [1.29, 1.82) is 0 Å². The van der Waals surface area contributed by atoms with Crippen molar-refractivity contribution in [1.82, 2.24) is 15.0 Å². The number of aromatic nitrogens is 3. The summed E-state index contributed by atoms with van der Waals surface area (Å²) in [5, 5.41) is 7.37. The van der Waals surface area contributed by atoms with Gasteiger partial charge in [0.05, 0.1) is 5.41 Å². The molecule has 0 atom stereocenters. The fraction of sp³-hybridized carbons (Fsp3) is 0.0192. The number of fused-ring (bicyclic) bond motifs is 16. The molecule has 1 heterocycles. The van der Waals surface area contributed by atoms with E-state index in [0.29, 0.717) is 17.5 Å². The topological polar surface area (TPSA) is 38.7 Å². The zero-order valence-electron chi connectivity index (χ0n) is 29.7. The van der Waals surface area contributed by atoms with Gasteiger partial charge in [0.2, 0.25) is 0 Å². The van der Waals surface area contributed by atoms with Crippen LogP contribution in [0.25, 0.3) is 88.7 Å². The molecule has 0 amide bonds. The van der Waals surface area contributed by atoms with Crippen LogP contribution in [0.3, 0.4) is 0 Å². The van der Waals surface area contributed by atoms with E-state index in [-0.39, 0.29) is 0 Å². The fourth-order valence-electron chi connectivity index (χ4n) is 9.64. The van der Waals surface area contributed by atoms with Gasteiger partial charge in [-0.15, -0.1) is 0 Å². The normalized spacial score (nSPS) is 13.2. The van der Waals surface area contributed by atoms with E-state index in [9.17, 15) is 0 Å². The van der Waals surface area contributed by atoms with Crippen molar-refractivity contribution < 1.29 is 0 Å². The van der Waals surface area contributed by atoms with Crippen LogP contribution in [0.2, 0.25) is 0 Å². The second-order valence-corrected chi connectivity index (χ2v) is 14.7. The summed E-state index contributed by atoms with van der Waals surface area (Å²) in [5.74, 6) is 1.96. The quantitative estimate of drug-likeness (QED) is 0.173. The molecule has 0 N–H and O–H groups in total. The van der Waals surface area contributed by atoms with E-state index in [2.05, 4.69) is 170 Å². The molecule has 254 valence electrons. The number of hydrogen-bond donors (Lipinski definition) is 0. The van der Waals surface area contributed by atoms with Gasteiger partial charge in [-0.05, 0) is 89.0 Å². The third kappa shape index (κ3) is 4.18. The lowest BCUT2D eigenvalue weighted by atomic mass is 9.70. The van der Waals surface area contributed by atoms with Gasteiger partial charge >= 0.3 is 0 Å². The van der Waals surface area contributed by atoms with Crippen LogP contribution in [0.5, 0.6) is 0 Å². The van der Waals surface area contributed by atoms with Crippen LogP contribution in [0.15, 0.2) is 188 Å². The molecule has 1 spiro atoms. The second-order valence-electron chi connectivity index (χ2n) is 14.7. The third-order valence-corrected chi connectivity index (χ3v) is 11.9. The summed E-state index contributed by atoms with van der Waals surface area (Å²) in [6.45, 7) is 0. The van der Waals surface area contributed by atoms with Gasteiger partial charge in [0.1, 0.15) is 0 Å². The zero-order chi connectivity index (χ0) is 36.1. The summed E-state index contributed by atoms with van der Waals surface area (Å²) >= 11 is 0. The minimum Gasteiger partial charge on any atom is -0.208 e. The van der Waals surface area contributed by atoms with Crippen LogP contribution in [0, 0.1) is 0 Å². The van der Waals surface area contributed by atoms with E-state index < -0.39 is 5.41 Å². The Kier molecular flexibility index (Phi) is 6.26. The van der Waals surface area contributed by atoms with E-state index in [0.717, 1.165) is 16.7 Å². The van der Waals surface area contributed by atoms with Crippen molar-refractivity contribution in [3.05, 3.63) is 210 Å². The number of benzene rings is 9. The molecule has 1 aromatic heterocycles. The molecule has 3 nitrogen and oxygen atoms in total. The molecule has 0 bridgehead atoms. The van der Waals surface area contributed by atoms with Crippen LogP contribution in [-0.4, -0.2) is 15.0 Å². The Labute approximate surface area is 318 Å². The molecular weight excluding hydrogens is 667 g/mol. The molecule has 3 heteroatoms. The summed E-state index contributed by atoms with van der Waals surface area (Å²) in [6.07, 6.45) is 0. The average Bonchev–Trinajstić information content (AvgIpc) is 3.73. The van der Waals surface area contributed by atoms with Crippen molar-refractivity contribution in [2.75, 3.05) is 0 Å². The summed E-state index contributed by atoms with van der Waals surface area (Å²) in [7, 11) is 0. The van der Waals surface area contributed by atoms with Gasteiger partial charge in [0, 0.05) is 16.7 Å². The Morgan fingerprint density at radius 3 is 1.20 bits per heavy atom. The summed E-state index contributed by atoms with van der Waals surface area (Å²) < 4.78 is 0. The van der Waals surface area contributed by atoms with Crippen molar-refractivity contribution in [3.63, 3.8) is 0 Å². The van der Waals surface area contributed by atoms with E-state index in [4.69, 9.17) is 15.0 Å². The average molecular weight is 698 g/mol. The van der Waals surface area contributed by atoms with Gasteiger partial charge < -0.3 is 0 Å². The van der Waals surface area contributed by atoms with E-state index in [1.165, 1.54) is 76.8 Å². The van der Waals surface area contributed by atoms with Crippen LogP contribution >= 0.6 is 0 Å². The van der Waals surface area contributed by atoms with Crippen molar-refractivity contribution in [3.8, 4) is 56.4 Å². The molecule has 2 aliphatic rings. The standard InChI is InChI=1S/C52H31N3/c1-2-14-32(15-3-1)49-53-50(33-26-28-39-37-18-5-4-16-35(37)36-17-6-7-19-38(36)43(39)30-33)55-51(54-49)34-27-29-48-44(31-34)42-22-10-13-25-47(42)52(48)45-23-11-8-20-40(45)41-21-9-12-24-46(41)52/h1-31H. The Hall–Kier alpha value is -7.23. The monoisotopic (exact) mass is 697 g/mol. The Bertz CT molecular complexity index is 3140. The molecule has 0 saturated carbocycles. The lowest BCUT2D eigenvalue weighted by Crippen LogP contribution is -2.25. The first-order chi connectivity index (χ1) is 27.3. The number of hydrogen-bond acceptors (Lipinski definition) is 3. The van der Waals surface area contributed by atoms with E-state index in [1.807, 2.05) is 18.2 Å². The molecule has 2 aliphatic carbocycles. The Morgan fingerprint density at radius 1 is 0.255 bits per heavy atom. The number of nitrogens with zero attached hydrogens (tertiary/aromatic N) is 3. The Balaban J connectivity index is 1.08. The van der Waals surface area contributed by atoms with E-state index >= 15 is 0 Å². The molecule has 9 aromatic carbocycles. The minimum absolute atomic E-state index is 0.394. The molecule has 0 unspecified atom stereocenters. The first kappa shape index (κ1) is 30.3.